The average molecular weight is 600 g/mol. The Morgan fingerprint density at radius 1 is 1.03 bits per heavy atom. The highest BCUT2D eigenvalue weighted by atomic mass is 35.5. The number of benzene rings is 3. The Labute approximate surface area is 237 Å². The van der Waals surface area contributed by atoms with Gasteiger partial charge in [0, 0.05) is 22.9 Å². The predicted molar refractivity (Wildman–Crippen MR) is 156 cm³/mol. The number of anilines is 1. The molecule has 0 aliphatic heterocycles. The Bertz CT molecular complexity index is 1310. The summed E-state index contributed by atoms with van der Waals surface area (Å²) in [7, 11) is -4.04. The fourth-order valence-electron chi connectivity index (χ4n) is 3.38. The first-order chi connectivity index (χ1) is 17.8. The molecule has 0 atom stereocenters. The van der Waals surface area contributed by atoms with Gasteiger partial charge in [-0.1, -0.05) is 41.4 Å². The zero-order valence-corrected chi connectivity index (χ0v) is 24.4. The number of carbonyl (C=O) groups is 1. The fraction of sp³-hybridized carbons (Fsp3) is 0.269. The molecular formula is C26H28Cl2N2O4S3. The van der Waals surface area contributed by atoms with E-state index in [0.717, 1.165) is 14.8 Å². The molecule has 3 aromatic rings. The SMILES string of the molecule is CCOc1ccccc1N(CC(=O)NCCSCc1ccc(Cl)c(Cl)c1)S(=O)(=O)c1ccc(SC)cc1. The molecular weight excluding hydrogens is 571 g/mol. The molecule has 0 saturated heterocycles. The van der Waals surface area contributed by atoms with E-state index >= 15 is 0 Å². The summed E-state index contributed by atoms with van der Waals surface area (Å²) in [5.41, 5.74) is 1.34. The molecule has 0 radical (unpaired) electrons. The lowest BCUT2D eigenvalue weighted by molar-refractivity contribution is -0.119. The molecule has 3 rings (SSSR count). The first-order valence-electron chi connectivity index (χ1n) is 11.4. The van der Waals surface area contributed by atoms with E-state index < -0.39 is 15.9 Å². The van der Waals surface area contributed by atoms with Gasteiger partial charge in [-0.25, -0.2) is 8.42 Å². The lowest BCUT2D eigenvalue weighted by Gasteiger charge is -2.26. The Balaban J connectivity index is 1.71. The van der Waals surface area contributed by atoms with Gasteiger partial charge < -0.3 is 10.1 Å². The maximum Gasteiger partial charge on any atom is 0.264 e. The van der Waals surface area contributed by atoms with Crippen LogP contribution in [0, 0.1) is 0 Å². The van der Waals surface area contributed by atoms with Gasteiger partial charge in [-0.05, 0) is 67.3 Å². The van der Waals surface area contributed by atoms with Gasteiger partial charge in [0.15, 0.2) is 0 Å². The van der Waals surface area contributed by atoms with E-state index in [1.165, 1.54) is 11.8 Å². The van der Waals surface area contributed by atoms with Crippen molar-refractivity contribution in [3.63, 3.8) is 0 Å². The summed E-state index contributed by atoms with van der Waals surface area (Å²) < 4.78 is 34.1. The number of sulfonamides is 1. The predicted octanol–water partition coefficient (Wildman–Crippen LogP) is 6.36. The summed E-state index contributed by atoms with van der Waals surface area (Å²) in [6.07, 6.45) is 1.92. The van der Waals surface area contributed by atoms with Crippen molar-refractivity contribution >= 4 is 68.3 Å². The number of ether oxygens (including phenoxy) is 1. The van der Waals surface area contributed by atoms with Crippen LogP contribution in [0.5, 0.6) is 5.75 Å². The van der Waals surface area contributed by atoms with Crippen LogP contribution in [-0.2, 0) is 20.6 Å². The van der Waals surface area contributed by atoms with Gasteiger partial charge in [0.2, 0.25) is 5.91 Å². The number of hydrogen-bond acceptors (Lipinski definition) is 6. The molecule has 0 spiro atoms. The lowest BCUT2D eigenvalue weighted by Crippen LogP contribution is -2.41. The van der Waals surface area contributed by atoms with Gasteiger partial charge in [0.25, 0.3) is 10.0 Å². The molecule has 0 bridgehead atoms. The number of hydrogen-bond donors (Lipinski definition) is 1. The first-order valence-corrected chi connectivity index (χ1v) is 16.0. The minimum absolute atomic E-state index is 0.0987. The van der Waals surface area contributed by atoms with Gasteiger partial charge in [-0.2, -0.15) is 11.8 Å². The normalized spacial score (nSPS) is 11.2. The van der Waals surface area contributed by atoms with Crippen LogP contribution in [0.4, 0.5) is 5.69 Å². The number of rotatable bonds is 13. The maximum absolute atomic E-state index is 13.7. The second-order valence-corrected chi connectivity index (χ2v) is 12.4. The zero-order chi connectivity index (χ0) is 26.8. The summed E-state index contributed by atoms with van der Waals surface area (Å²) in [5.74, 6) is 1.33. The number of nitrogens with zero attached hydrogens (tertiary/aromatic N) is 1. The highest BCUT2D eigenvalue weighted by Crippen LogP contribution is 2.33. The Kier molecular flexibility index (Phi) is 11.3. The van der Waals surface area contributed by atoms with Crippen molar-refractivity contribution in [2.75, 3.05) is 36.0 Å². The van der Waals surface area contributed by atoms with Gasteiger partial charge in [0.05, 0.1) is 27.2 Å². The van der Waals surface area contributed by atoms with Crippen LogP contribution in [0.15, 0.2) is 76.5 Å². The minimum Gasteiger partial charge on any atom is -0.492 e. The van der Waals surface area contributed by atoms with Gasteiger partial charge in [-0.3, -0.25) is 9.10 Å². The molecule has 0 fully saturated rings. The van der Waals surface area contributed by atoms with E-state index in [1.54, 1.807) is 66.4 Å². The molecule has 0 aromatic heterocycles. The largest absolute Gasteiger partial charge is 0.492 e. The maximum atomic E-state index is 13.7. The van der Waals surface area contributed by atoms with Crippen LogP contribution in [0.2, 0.25) is 10.0 Å². The van der Waals surface area contributed by atoms with Crippen LogP contribution in [0.25, 0.3) is 0 Å². The molecule has 198 valence electrons. The van der Waals surface area contributed by atoms with Gasteiger partial charge in [0.1, 0.15) is 12.3 Å². The third kappa shape index (κ3) is 8.22. The van der Waals surface area contributed by atoms with Crippen molar-refractivity contribution in [3.8, 4) is 5.75 Å². The zero-order valence-electron chi connectivity index (χ0n) is 20.4. The summed E-state index contributed by atoms with van der Waals surface area (Å²) in [6.45, 7) is 2.18. The van der Waals surface area contributed by atoms with Crippen molar-refractivity contribution < 1.29 is 17.9 Å². The summed E-state index contributed by atoms with van der Waals surface area (Å²) >= 11 is 15.2. The first kappa shape index (κ1) is 29.5. The molecule has 1 amide bonds. The molecule has 1 N–H and O–H groups in total. The van der Waals surface area contributed by atoms with E-state index in [-0.39, 0.29) is 11.4 Å². The second kappa shape index (κ2) is 14.2. The van der Waals surface area contributed by atoms with Crippen LogP contribution in [0.1, 0.15) is 12.5 Å². The minimum atomic E-state index is -4.04. The number of amides is 1. The van der Waals surface area contributed by atoms with E-state index in [9.17, 15) is 13.2 Å². The standard InChI is InChI=1S/C26H28Cl2N2O4S3/c1-3-34-25-7-5-4-6-24(25)30(37(32,33)21-11-9-20(35-2)10-12-21)17-26(31)29-14-15-36-18-19-8-13-22(27)23(28)16-19/h4-13,16H,3,14-15,17-18H2,1-2H3,(H,29,31). The third-order valence-electron chi connectivity index (χ3n) is 5.19. The molecule has 0 aliphatic carbocycles. The van der Waals surface area contributed by atoms with E-state index in [0.29, 0.717) is 46.1 Å². The Morgan fingerprint density at radius 2 is 1.76 bits per heavy atom. The smallest absolute Gasteiger partial charge is 0.264 e. The van der Waals surface area contributed by atoms with Gasteiger partial charge >= 0.3 is 0 Å². The van der Waals surface area contributed by atoms with Crippen molar-refractivity contribution in [1.82, 2.24) is 5.32 Å². The fourth-order valence-corrected chi connectivity index (χ4v) is 6.35. The summed E-state index contributed by atoms with van der Waals surface area (Å²) in [6, 6.07) is 18.9. The molecule has 11 heteroatoms. The van der Waals surface area contributed by atoms with Crippen LogP contribution in [0.3, 0.4) is 0 Å². The van der Waals surface area contributed by atoms with E-state index in [4.69, 9.17) is 27.9 Å². The number of halogens is 2. The monoisotopic (exact) mass is 598 g/mol. The van der Waals surface area contributed by atoms with Crippen LogP contribution < -0.4 is 14.4 Å². The lowest BCUT2D eigenvalue weighted by atomic mass is 10.2. The number of carbonyl (C=O) groups excluding carboxylic acids is 1. The quantitative estimate of drug-likeness (QED) is 0.182. The van der Waals surface area contributed by atoms with Crippen molar-refractivity contribution in [2.45, 2.75) is 22.5 Å². The van der Waals surface area contributed by atoms with Crippen LogP contribution >= 0.6 is 46.7 Å². The van der Waals surface area contributed by atoms with E-state index in [2.05, 4.69) is 5.32 Å². The third-order valence-corrected chi connectivity index (χ3v) is 9.48. The molecule has 0 unspecified atom stereocenters. The van der Waals surface area contributed by atoms with Crippen LogP contribution in [-0.4, -0.2) is 46.0 Å². The summed E-state index contributed by atoms with van der Waals surface area (Å²) in [5, 5.41) is 3.84. The number of thioether (sulfide) groups is 2. The molecule has 3 aromatic carbocycles. The van der Waals surface area contributed by atoms with E-state index in [1.807, 2.05) is 25.3 Å². The number of para-hydroxylation sites is 2. The molecule has 0 saturated carbocycles. The average Bonchev–Trinajstić information content (AvgIpc) is 2.89. The Morgan fingerprint density at radius 3 is 2.43 bits per heavy atom. The molecule has 0 heterocycles. The number of nitrogens with one attached hydrogen (secondary N) is 1. The summed E-state index contributed by atoms with van der Waals surface area (Å²) in [4.78, 5) is 13.9. The highest BCUT2D eigenvalue weighted by Gasteiger charge is 2.29. The second-order valence-electron chi connectivity index (χ2n) is 7.74. The van der Waals surface area contributed by atoms with Crippen molar-refractivity contribution in [2.24, 2.45) is 0 Å². The molecule has 37 heavy (non-hydrogen) atoms. The molecule has 6 nitrogen and oxygen atoms in total. The molecule has 0 aliphatic rings. The topological polar surface area (TPSA) is 75.7 Å². The van der Waals surface area contributed by atoms with Crippen molar-refractivity contribution in [3.05, 3.63) is 82.3 Å². The van der Waals surface area contributed by atoms with Crippen molar-refractivity contribution in [1.29, 1.82) is 0 Å². The van der Waals surface area contributed by atoms with Gasteiger partial charge in [-0.15, -0.1) is 11.8 Å². The highest BCUT2D eigenvalue weighted by molar-refractivity contribution is 7.98. The Hall–Kier alpha value is -2.04.